The third-order valence-electron chi connectivity index (χ3n) is 4.15. The average molecular weight is 401 g/mol. The van der Waals surface area contributed by atoms with Gasteiger partial charge in [0.2, 0.25) is 10.0 Å². The molecule has 8 nitrogen and oxygen atoms in total. The number of aromatic nitrogens is 2. The van der Waals surface area contributed by atoms with Crippen LogP contribution in [0.4, 0.5) is 0 Å². The Balaban J connectivity index is 1.87. The zero-order chi connectivity index (χ0) is 20.5. The first-order valence-electron chi connectivity index (χ1n) is 8.42. The molecule has 0 aliphatic carbocycles. The van der Waals surface area contributed by atoms with Crippen LogP contribution < -0.4 is 5.56 Å². The summed E-state index contributed by atoms with van der Waals surface area (Å²) in [5.41, 5.74) is 0.240. The van der Waals surface area contributed by atoms with E-state index in [1.807, 2.05) is 0 Å². The van der Waals surface area contributed by atoms with Crippen LogP contribution in [0.2, 0.25) is 0 Å². The number of fused-ring (bicyclic) bond motifs is 1. The summed E-state index contributed by atoms with van der Waals surface area (Å²) in [6.07, 6.45) is -0.834. The first-order chi connectivity index (χ1) is 13.2. The molecule has 0 amide bonds. The minimum absolute atomic E-state index is 0.0168. The van der Waals surface area contributed by atoms with Crippen molar-refractivity contribution in [1.29, 1.82) is 0 Å². The maximum atomic E-state index is 12.5. The van der Waals surface area contributed by atoms with E-state index in [9.17, 15) is 18.0 Å². The van der Waals surface area contributed by atoms with Gasteiger partial charge in [0.15, 0.2) is 11.9 Å². The largest absolute Gasteiger partial charge is 0.451 e. The SMILES string of the molecule is CC(OC(=O)c1cccc(S(=O)(=O)N(C)C)c1)c1nc2ccccc2c(=O)[nH]1. The van der Waals surface area contributed by atoms with Gasteiger partial charge < -0.3 is 9.72 Å². The number of benzene rings is 2. The molecule has 0 saturated heterocycles. The molecule has 0 radical (unpaired) electrons. The van der Waals surface area contributed by atoms with E-state index in [0.29, 0.717) is 10.9 Å². The van der Waals surface area contributed by atoms with Gasteiger partial charge in [0, 0.05) is 14.1 Å². The zero-order valence-electron chi connectivity index (χ0n) is 15.5. The normalized spacial score (nSPS) is 12.9. The first kappa shape index (κ1) is 19.7. The number of para-hydroxylation sites is 1. The quantitative estimate of drug-likeness (QED) is 0.656. The number of hydrogen-bond acceptors (Lipinski definition) is 6. The Morgan fingerprint density at radius 3 is 2.57 bits per heavy atom. The molecular formula is C19H19N3O5S. The lowest BCUT2D eigenvalue weighted by atomic mass is 10.2. The van der Waals surface area contributed by atoms with Crippen LogP contribution in [0.3, 0.4) is 0 Å². The Hall–Kier alpha value is -3.04. The van der Waals surface area contributed by atoms with Crippen LogP contribution >= 0.6 is 0 Å². The highest BCUT2D eigenvalue weighted by atomic mass is 32.2. The highest BCUT2D eigenvalue weighted by Gasteiger charge is 2.21. The number of esters is 1. The molecule has 1 N–H and O–H groups in total. The molecule has 2 aromatic carbocycles. The second kappa shape index (κ2) is 7.53. The summed E-state index contributed by atoms with van der Waals surface area (Å²) >= 11 is 0. The van der Waals surface area contributed by atoms with E-state index < -0.39 is 22.1 Å². The summed E-state index contributed by atoms with van der Waals surface area (Å²) in [6, 6.07) is 12.4. The molecule has 0 aliphatic rings. The lowest BCUT2D eigenvalue weighted by molar-refractivity contribution is 0.0319. The minimum atomic E-state index is -3.68. The summed E-state index contributed by atoms with van der Waals surface area (Å²) in [6.45, 7) is 1.57. The number of carbonyl (C=O) groups excluding carboxylic acids is 1. The number of H-pyrrole nitrogens is 1. The molecule has 0 saturated carbocycles. The Morgan fingerprint density at radius 1 is 1.14 bits per heavy atom. The van der Waals surface area contributed by atoms with Crippen molar-refractivity contribution in [3.05, 3.63) is 70.3 Å². The second-order valence-corrected chi connectivity index (χ2v) is 8.48. The molecule has 146 valence electrons. The first-order valence-corrected chi connectivity index (χ1v) is 9.86. The van der Waals surface area contributed by atoms with Crippen molar-refractivity contribution in [2.75, 3.05) is 14.1 Å². The van der Waals surface area contributed by atoms with Crippen LogP contribution in [0.15, 0.2) is 58.2 Å². The molecule has 3 aromatic rings. The fourth-order valence-corrected chi connectivity index (χ4v) is 3.52. The van der Waals surface area contributed by atoms with Crippen molar-refractivity contribution < 1.29 is 17.9 Å². The van der Waals surface area contributed by atoms with Gasteiger partial charge in [-0.25, -0.2) is 22.5 Å². The number of sulfonamides is 1. The Labute approximate surface area is 161 Å². The highest BCUT2D eigenvalue weighted by Crippen LogP contribution is 2.19. The predicted molar refractivity (Wildman–Crippen MR) is 104 cm³/mol. The molecule has 0 fully saturated rings. The van der Waals surface area contributed by atoms with Gasteiger partial charge in [0.05, 0.1) is 21.4 Å². The third-order valence-corrected chi connectivity index (χ3v) is 5.96. The molecule has 1 atom stereocenters. The van der Waals surface area contributed by atoms with Crippen LogP contribution in [-0.2, 0) is 14.8 Å². The lowest BCUT2D eigenvalue weighted by Gasteiger charge is -2.14. The van der Waals surface area contributed by atoms with Gasteiger partial charge in [-0.3, -0.25) is 4.79 Å². The smallest absolute Gasteiger partial charge is 0.338 e. The van der Waals surface area contributed by atoms with Gasteiger partial charge in [0.1, 0.15) is 0 Å². The summed E-state index contributed by atoms with van der Waals surface area (Å²) < 4.78 is 30.9. The topological polar surface area (TPSA) is 109 Å². The van der Waals surface area contributed by atoms with Gasteiger partial charge in [0.25, 0.3) is 5.56 Å². The van der Waals surface area contributed by atoms with E-state index >= 15 is 0 Å². The van der Waals surface area contributed by atoms with Crippen molar-refractivity contribution in [2.45, 2.75) is 17.9 Å². The van der Waals surface area contributed by atoms with E-state index in [1.165, 1.54) is 38.4 Å². The Morgan fingerprint density at radius 2 is 1.86 bits per heavy atom. The Bertz CT molecular complexity index is 1200. The maximum Gasteiger partial charge on any atom is 0.338 e. The van der Waals surface area contributed by atoms with Gasteiger partial charge in [-0.1, -0.05) is 18.2 Å². The van der Waals surface area contributed by atoms with Crippen molar-refractivity contribution in [3.63, 3.8) is 0 Å². The highest BCUT2D eigenvalue weighted by molar-refractivity contribution is 7.89. The molecule has 3 rings (SSSR count). The number of aromatic amines is 1. The molecule has 0 spiro atoms. The molecule has 9 heteroatoms. The van der Waals surface area contributed by atoms with Crippen molar-refractivity contribution in [3.8, 4) is 0 Å². The number of ether oxygens (including phenoxy) is 1. The number of nitrogens with one attached hydrogen (secondary N) is 1. The van der Waals surface area contributed by atoms with Gasteiger partial charge >= 0.3 is 5.97 Å². The van der Waals surface area contributed by atoms with Crippen LogP contribution in [0, 0.1) is 0 Å². The second-order valence-electron chi connectivity index (χ2n) is 6.33. The monoisotopic (exact) mass is 401 g/mol. The molecule has 1 heterocycles. The summed E-state index contributed by atoms with van der Waals surface area (Å²) in [5.74, 6) is -0.520. The third kappa shape index (κ3) is 3.80. The molecule has 1 aromatic heterocycles. The fraction of sp³-hybridized carbons (Fsp3) is 0.211. The van der Waals surface area contributed by atoms with Crippen molar-refractivity contribution in [2.24, 2.45) is 0 Å². The van der Waals surface area contributed by atoms with E-state index in [2.05, 4.69) is 9.97 Å². The van der Waals surface area contributed by atoms with Gasteiger partial charge in [-0.2, -0.15) is 0 Å². The Kier molecular flexibility index (Phi) is 5.30. The summed E-state index contributed by atoms with van der Waals surface area (Å²) in [4.78, 5) is 31.6. The van der Waals surface area contributed by atoms with E-state index in [0.717, 1.165) is 4.31 Å². The molecular weight excluding hydrogens is 382 g/mol. The van der Waals surface area contributed by atoms with Gasteiger partial charge in [-0.05, 0) is 37.3 Å². The molecule has 0 aliphatic heterocycles. The standard InChI is InChI=1S/C19H19N3O5S/c1-12(17-20-16-10-5-4-9-15(16)18(23)21-17)27-19(24)13-7-6-8-14(11-13)28(25,26)22(2)3/h4-12H,1-3H3,(H,20,21,23). The summed E-state index contributed by atoms with van der Waals surface area (Å²) in [5, 5.41) is 0.436. The average Bonchev–Trinajstić information content (AvgIpc) is 2.67. The van der Waals surface area contributed by atoms with Crippen molar-refractivity contribution in [1.82, 2.24) is 14.3 Å². The van der Waals surface area contributed by atoms with Gasteiger partial charge in [-0.15, -0.1) is 0 Å². The lowest BCUT2D eigenvalue weighted by Crippen LogP contribution is -2.22. The number of hydrogen-bond donors (Lipinski definition) is 1. The van der Waals surface area contributed by atoms with Crippen LogP contribution in [0.1, 0.15) is 29.2 Å². The number of rotatable bonds is 5. The molecule has 28 heavy (non-hydrogen) atoms. The predicted octanol–water partition coefficient (Wildman–Crippen LogP) is 2.09. The van der Waals surface area contributed by atoms with E-state index in [4.69, 9.17) is 4.74 Å². The van der Waals surface area contributed by atoms with E-state index in [-0.39, 0.29) is 21.8 Å². The minimum Gasteiger partial charge on any atom is -0.451 e. The molecule has 0 bridgehead atoms. The molecule has 1 unspecified atom stereocenters. The number of nitrogens with zero attached hydrogens (tertiary/aromatic N) is 2. The van der Waals surface area contributed by atoms with Crippen LogP contribution in [0.5, 0.6) is 0 Å². The van der Waals surface area contributed by atoms with E-state index in [1.54, 1.807) is 31.2 Å². The maximum absolute atomic E-state index is 12.5. The number of carbonyl (C=O) groups is 1. The zero-order valence-corrected chi connectivity index (χ0v) is 16.4. The van der Waals surface area contributed by atoms with Crippen molar-refractivity contribution >= 4 is 26.9 Å². The summed E-state index contributed by atoms with van der Waals surface area (Å²) in [7, 11) is -0.864. The van der Waals surface area contributed by atoms with Crippen LogP contribution in [-0.4, -0.2) is 42.8 Å². The fourth-order valence-electron chi connectivity index (χ4n) is 2.58. The van der Waals surface area contributed by atoms with Crippen LogP contribution in [0.25, 0.3) is 10.9 Å².